The molecule has 4 heteroatoms. The maximum absolute atomic E-state index is 11.0. The zero-order valence-corrected chi connectivity index (χ0v) is 10.8. The molecule has 1 N–H and O–H groups in total. The van der Waals surface area contributed by atoms with Gasteiger partial charge in [-0.15, -0.1) is 0 Å². The molecule has 4 nitrogen and oxygen atoms in total. The van der Waals surface area contributed by atoms with Gasteiger partial charge in [0.15, 0.2) is 0 Å². The van der Waals surface area contributed by atoms with Gasteiger partial charge in [0.2, 0.25) is 0 Å². The topological polar surface area (TPSA) is 49.8 Å². The first kappa shape index (κ1) is 13.1. The van der Waals surface area contributed by atoms with E-state index >= 15 is 0 Å². The average molecular weight is 249 g/mol. The van der Waals surface area contributed by atoms with Crippen LogP contribution in [-0.4, -0.2) is 41.7 Å². The van der Waals surface area contributed by atoms with Crippen molar-refractivity contribution in [3.05, 3.63) is 35.4 Å². The highest BCUT2D eigenvalue weighted by molar-refractivity contribution is 5.72. The largest absolute Gasteiger partial charge is 0.480 e. The first-order valence-electron chi connectivity index (χ1n) is 6.23. The van der Waals surface area contributed by atoms with Crippen molar-refractivity contribution in [1.82, 2.24) is 4.90 Å². The van der Waals surface area contributed by atoms with Gasteiger partial charge < -0.3 is 9.84 Å². The van der Waals surface area contributed by atoms with E-state index in [0.717, 1.165) is 5.56 Å². The molecule has 1 saturated heterocycles. The fourth-order valence-corrected chi connectivity index (χ4v) is 2.31. The molecule has 1 aliphatic heterocycles. The van der Waals surface area contributed by atoms with Gasteiger partial charge >= 0.3 is 5.97 Å². The van der Waals surface area contributed by atoms with Crippen LogP contribution in [0.2, 0.25) is 0 Å². The van der Waals surface area contributed by atoms with Crippen molar-refractivity contribution in [2.75, 3.05) is 19.7 Å². The summed E-state index contributed by atoms with van der Waals surface area (Å²) in [6.45, 7) is 5.67. The number of carbonyl (C=O) groups is 1. The molecule has 1 aliphatic rings. The Balaban J connectivity index is 2.12. The summed E-state index contributed by atoms with van der Waals surface area (Å²) in [5.41, 5.74) is 2.34. The van der Waals surface area contributed by atoms with Crippen LogP contribution in [0.5, 0.6) is 0 Å². The van der Waals surface area contributed by atoms with Crippen LogP contribution < -0.4 is 0 Å². The second-order valence-electron chi connectivity index (χ2n) is 4.73. The fourth-order valence-electron chi connectivity index (χ4n) is 2.31. The number of benzene rings is 1. The molecule has 1 fully saturated rings. The van der Waals surface area contributed by atoms with Gasteiger partial charge in [0, 0.05) is 13.1 Å². The number of hydrogen-bond acceptors (Lipinski definition) is 3. The highest BCUT2D eigenvalue weighted by Crippen LogP contribution is 2.25. The summed E-state index contributed by atoms with van der Waals surface area (Å²) in [6, 6.07) is 7.64. The van der Waals surface area contributed by atoms with E-state index in [1.54, 1.807) is 6.92 Å². The number of aliphatic carboxylic acids is 1. The molecule has 0 radical (unpaired) electrons. The molecule has 1 heterocycles. The SMILES string of the molecule is Cc1ccccc1[C@@H]1CN([C@@H](C)C(=O)O)CCO1. The number of morpholine rings is 1. The van der Waals surface area contributed by atoms with Crippen LogP contribution in [0.25, 0.3) is 0 Å². The summed E-state index contributed by atoms with van der Waals surface area (Å²) in [5.74, 6) is -0.777. The van der Waals surface area contributed by atoms with E-state index in [1.807, 2.05) is 17.0 Å². The third-order valence-electron chi connectivity index (χ3n) is 3.54. The second kappa shape index (κ2) is 5.50. The minimum absolute atomic E-state index is 0.0262. The van der Waals surface area contributed by atoms with Crippen LogP contribution >= 0.6 is 0 Å². The quantitative estimate of drug-likeness (QED) is 0.888. The summed E-state index contributed by atoms with van der Waals surface area (Å²) in [4.78, 5) is 13.0. The minimum Gasteiger partial charge on any atom is -0.480 e. The van der Waals surface area contributed by atoms with Crippen molar-refractivity contribution < 1.29 is 14.6 Å². The molecule has 0 aromatic heterocycles. The molecule has 0 bridgehead atoms. The first-order chi connectivity index (χ1) is 8.59. The van der Waals surface area contributed by atoms with Gasteiger partial charge in [0.25, 0.3) is 0 Å². The number of hydrogen-bond donors (Lipinski definition) is 1. The van der Waals surface area contributed by atoms with E-state index in [1.165, 1.54) is 5.56 Å². The molecule has 2 rings (SSSR count). The van der Waals surface area contributed by atoms with Crippen molar-refractivity contribution in [2.24, 2.45) is 0 Å². The summed E-state index contributed by atoms with van der Waals surface area (Å²) in [5, 5.41) is 9.06. The standard InChI is InChI=1S/C14H19NO3/c1-10-5-3-4-6-12(10)13-9-15(7-8-18-13)11(2)14(16)17/h3-6,11,13H,7-9H2,1-2H3,(H,16,17)/t11-,13-/m0/s1. The van der Waals surface area contributed by atoms with Crippen LogP contribution in [0.3, 0.4) is 0 Å². The maximum atomic E-state index is 11.0. The zero-order valence-electron chi connectivity index (χ0n) is 10.8. The number of aryl methyl sites for hydroxylation is 1. The maximum Gasteiger partial charge on any atom is 0.320 e. The number of carboxylic acids is 1. The molecule has 98 valence electrons. The van der Waals surface area contributed by atoms with Crippen LogP contribution in [0.15, 0.2) is 24.3 Å². The Kier molecular flexibility index (Phi) is 3.99. The highest BCUT2D eigenvalue weighted by atomic mass is 16.5. The van der Waals surface area contributed by atoms with E-state index in [-0.39, 0.29) is 6.10 Å². The molecule has 2 atom stereocenters. The minimum atomic E-state index is -0.777. The highest BCUT2D eigenvalue weighted by Gasteiger charge is 2.28. The molecule has 0 spiro atoms. The van der Waals surface area contributed by atoms with Gasteiger partial charge in [-0.1, -0.05) is 24.3 Å². The summed E-state index contributed by atoms with van der Waals surface area (Å²) in [7, 11) is 0. The predicted octanol–water partition coefficient (Wildman–Crippen LogP) is 1.84. The van der Waals surface area contributed by atoms with Gasteiger partial charge in [-0.3, -0.25) is 9.69 Å². The normalized spacial score (nSPS) is 22.7. The van der Waals surface area contributed by atoms with Crippen molar-refractivity contribution in [3.63, 3.8) is 0 Å². The molecule has 18 heavy (non-hydrogen) atoms. The van der Waals surface area contributed by atoms with Gasteiger partial charge in [0.1, 0.15) is 6.04 Å². The van der Waals surface area contributed by atoms with Gasteiger partial charge in [-0.25, -0.2) is 0 Å². The Labute approximate surface area is 107 Å². The number of ether oxygens (including phenoxy) is 1. The van der Waals surface area contributed by atoms with E-state index in [9.17, 15) is 4.79 Å². The molecule has 0 aliphatic carbocycles. The number of carboxylic acid groups (broad SMARTS) is 1. The van der Waals surface area contributed by atoms with Crippen molar-refractivity contribution >= 4 is 5.97 Å². The van der Waals surface area contributed by atoms with E-state index in [4.69, 9.17) is 9.84 Å². The Bertz CT molecular complexity index is 433. The van der Waals surface area contributed by atoms with E-state index < -0.39 is 12.0 Å². The van der Waals surface area contributed by atoms with Crippen molar-refractivity contribution in [3.8, 4) is 0 Å². The lowest BCUT2D eigenvalue weighted by molar-refractivity contribution is -0.145. The third kappa shape index (κ3) is 2.71. The smallest absolute Gasteiger partial charge is 0.320 e. The Morgan fingerprint density at radius 3 is 2.89 bits per heavy atom. The van der Waals surface area contributed by atoms with Gasteiger partial charge in [0.05, 0.1) is 12.7 Å². The Hall–Kier alpha value is -1.39. The van der Waals surface area contributed by atoms with Gasteiger partial charge in [-0.05, 0) is 25.0 Å². The number of rotatable bonds is 3. The average Bonchev–Trinajstić information content (AvgIpc) is 2.38. The van der Waals surface area contributed by atoms with E-state index in [2.05, 4.69) is 19.1 Å². The lowest BCUT2D eigenvalue weighted by Crippen LogP contribution is -2.46. The van der Waals surface area contributed by atoms with Crippen molar-refractivity contribution in [1.29, 1.82) is 0 Å². The van der Waals surface area contributed by atoms with Crippen molar-refractivity contribution in [2.45, 2.75) is 26.0 Å². The van der Waals surface area contributed by atoms with Crippen LogP contribution in [0.1, 0.15) is 24.2 Å². The molecular formula is C14H19NO3. The summed E-state index contributed by atoms with van der Waals surface area (Å²) >= 11 is 0. The first-order valence-corrected chi connectivity index (χ1v) is 6.23. The molecule has 1 aromatic carbocycles. The second-order valence-corrected chi connectivity index (χ2v) is 4.73. The Morgan fingerprint density at radius 1 is 1.50 bits per heavy atom. The van der Waals surface area contributed by atoms with Gasteiger partial charge in [-0.2, -0.15) is 0 Å². The predicted molar refractivity (Wildman–Crippen MR) is 68.5 cm³/mol. The van der Waals surface area contributed by atoms with Crippen LogP contribution in [0.4, 0.5) is 0 Å². The molecular weight excluding hydrogens is 230 g/mol. The summed E-state index contributed by atoms with van der Waals surface area (Å²) in [6.07, 6.45) is -0.0262. The Morgan fingerprint density at radius 2 is 2.22 bits per heavy atom. The zero-order chi connectivity index (χ0) is 13.1. The monoisotopic (exact) mass is 249 g/mol. The molecule has 0 unspecified atom stereocenters. The lowest BCUT2D eigenvalue weighted by atomic mass is 10.0. The van der Waals surface area contributed by atoms with Crippen LogP contribution in [0, 0.1) is 6.92 Å². The molecule has 0 amide bonds. The summed E-state index contributed by atoms with van der Waals surface area (Å²) < 4.78 is 5.77. The third-order valence-corrected chi connectivity index (χ3v) is 3.54. The van der Waals surface area contributed by atoms with Crippen LogP contribution in [-0.2, 0) is 9.53 Å². The number of nitrogens with zero attached hydrogens (tertiary/aromatic N) is 1. The molecule has 1 aromatic rings. The molecule has 0 saturated carbocycles. The van der Waals surface area contributed by atoms with E-state index in [0.29, 0.717) is 19.7 Å². The fraction of sp³-hybridized carbons (Fsp3) is 0.500. The lowest BCUT2D eigenvalue weighted by Gasteiger charge is -2.35.